The van der Waals surface area contributed by atoms with E-state index in [1.165, 1.54) is 6.08 Å². The molecule has 2 N–H and O–H groups in total. The fourth-order valence-electron chi connectivity index (χ4n) is 2.80. The fraction of sp³-hybridized carbons (Fsp3) is 0.182. The Morgan fingerprint density at radius 3 is 2.44 bits per heavy atom. The number of hydrogen-bond acceptors (Lipinski definition) is 7. The van der Waals surface area contributed by atoms with Crippen LogP contribution in [0.3, 0.4) is 0 Å². The number of alkyl halides is 3. The number of ether oxygens (including phenoxy) is 2. The number of para-hydroxylation sites is 1. The summed E-state index contributed by atoms with van der Waals surface area (Å²) in [5.74, 6) is -1.19. The second-order valence-corrected chi connectivity index (χ2v) is 7.45. The van der Waals surface area contributed by atoms with Gasteiger partial charge in [0.05, 0.1) is 29.9 Å². The summed E-state index contributed by atoms with van der Waals surface area (Å²) in [4.78, 5) is 16.6. The number of nitrogens with zero attached hydrogens (tertiary/aromatic N) is 1. The Labute approximate surface area is 185 Å². The average molecular weight is 465 g/mol. The standard InChI is InChI=1S/C22H18F3NO5S/c1-3-31-15-6-4-5-12(18(15)27)11-16-19(28)17(21(29)30-2)20(32-16)26-14-9-7-13(8-10-14)22(23,24)25/h4-11,27-28H,3H2,1-2H3/b16-11+,26-20?. The van der Waals surface area contributed by atoms with Crippen molar-refractivity contribution >= 4 is 34.5 Å². The molecule has 0 saturated carbocycles. The van der Waals surface area contributed by atoms with Crippen molar-refractivity contribution in [1.82, 2.24) is 0 Å². The highest BCUT2D eigenvalue weighted by Gasteiger charge is 2.33. The second-order valence-electron chi connectivity index (χ2n) is 6.41. The number of halogens is 3. The van der Waals surface area contributed by atoms with Gasteiger partial charge in [0, 0.05) is 5.56 Å². The lowest BCUT2D eigenvalue weighted by Gasteiger charge is -2.08. The number of phenols is 1. The molecule has 2 aromatic carbocycles. The third kappa shape index (κ3) is 4.91. The molecule has 0 radical (unpaired) electrons. The fourth-order valence-corrected chi connectivity index (χ4v) is 3.83. The molecular formula is C22H18F3NO5S. The Morgan fingerprint density at radius 2 is 1.84 bits per heavy atom. The van der Waals surface area contributed by atoms with Gasteiger partial charge in [0.1, 0.15) is 16.4 Å². The van der Waals surface area contributed by atoms with Gasteiger partial charge < -0.3 is 19.7 Å². The van der Waals surface area contributed by atoms with Crippen LogP contribution < -0.4 is 4.74 Å². The summed E-state index contributed by atoms with van der Waals surface area (Å²) in [6, 6.07) is 8.86. The summed E-state index contributed by atoms with van der Waals surface area (Å²) in [5.41, 5.74) is -0.594. The molecule has 10 heteroatoms. The zero-order valence-corrected chi connectivity index (χ0v) is 17.8. The summed E-state index contributed by atoms with van der Waals surface area (Å²) < 4.78 is 48.4. The van der Waals surface area contributed by atoms with Crippen molar-refractivity contribution in [3.8, 4) is 11.5 Å². The van der Waals surface area contributed by atoms with Crippen molar-refractivity contribution < 1.29 is 37.7 Å². The molecule has 168 valence electrons. The molecule has 0 aliphatic carbocycles. The van der Waals surface area contributed by atoms with E-state index in [4.69, 9.17) is 9.47 Å². The van der Waals surface area contributed by atoms with Gasteiger partial charge in [-0.3, -0.25) is 0 Å². The van der Waals surface area contributed by atoms with Gasteiger partial charge in [0.25, 0.3) is 0 Å². The van der Waals surface area contributed by atoms with Crippen molar-refractivity contribution in [2.24, 2.45) is 4.99 Å². The Hall–Kier alpha value is -3.40. The topological polar surface area (TPSA) is 88.4 Å². The molecule has 0 aromatic heterocycles. The molecule has 3 rings (SSSR count). The lowest BCUT2D eigenvalue weighted by Crippen LogP contribution is -2.10. The minimum atomic E-state index is -4.49. The third-order valence-electron chi connectivity index (χ3n) is 4.32. The summed E-state index contributed by atoms with van der Waals surface area (Å²) >= 11 is 0.910. The smallest absolute Gasteiger partial charge is 0.416 e. The molecule has 0 saturated heterocycles. The molecule has 0 fully saturated rings. The van der Waals surface area contributed by atoms with Crippen LogP contribution in [0.5, 0.6) is 11.5 Å². The molecule has 0 unspecified atom stereocenters. The minimum absolute atomic E-state index is 0.0424. The van der Waals surface area contributed by atoms with E-state index >= 15 is 0 Å². The van der Waals surface area contributed by atoms with Crippen molar-refractivity contribution in [2.75, 3.05) is 13.7 Å². The van der Waals surface area contributed by atoms with Crippen molar-refractivity contribution in [3.05, 3.63) is 69.8 Å². The number of aliphatic hydroxyl groups excluding tert-OH is 1. The lowest BCUT2D eigenvalue weighted by atomic mass is 10.1. The van der Waals surface area contributed by atoms with Gasteiger partial charge in [-0.2, -0.15) is 13.2 Å². The first-order chi connectivity index (χ1) is 15.2. The Balaban J connectivity index is 2.02. The number of methoxy groups -OCH3 is 1. The first kappa shape index (κ1) is 23.3. The number of phenolic OH excluding ortho intramolecular Hbond substituents is 1. The number of aliphatic hydroxyl groups is 1. The highest BCUT2D eigenvalue weighted by Crippen LogP contribution is 2.42. The number of aromatic hydroxyl groups is 1. The predicted molar refractivity (Wildman–Crippen MR) is 115 cm³/mol. The van der Waals surface area contributed by atoms with Crippen LogP contribution in [-0.4, -0.2) is 34.9 Å². The molecule has 32 heavy (non-hydrogen) atoms. The van der Waals surface area contributed by atoms with Gasteiger partial charge in [-0.1, -0.05) is 23.9 Å². The molecule has 1 aliphatic heterocycles. The number of aliphatic imine (C=N–C) groups is 1. The Kier molecular flexibility index (Phi) is 6.83. The van der Waals surface area contributed by atoms with Crippen LogP contribution in [-0.2, 0) is 15.7 Å². The van der Waals surface area contributed by atoms with E-state index < -0.39 is 23.5 Å². The zero-order chi connectivity index (χ0) is 23.5. The quantitative estimate of drug-likeness (QED) is 0.558. The van der Waals surface area contributed by atoms with E-state index in [1.54, 1.807) is 25.1 Å². The Morgan fingerprint density at radius 1 is 1.16 bits per heavy atom. The first-order valence-electron chi connectivity index (χ1n) is 9.28. The summed E-state index contributed by atoms with van der Waals surface area (Å²) in [7, 11) is 1.13. The van der Waals surface area contributed by atoms with E-state index in [2.05, 4.69) is 4.99 Å². The highest BCUT2D eigenvalue weighted by atomic mass is 32.2. The number of hydrogen-bond donors (Lipinski definition) is 2. The molecule has 0 atom stereocenters. The van der Waals surface area contributed by atoms with Crippen LogP contribution in [0.15, 0.2) is 63.7 Å². The molecule has 1 aliphatic rings. The van der Waals surface area contributed by atoms with Gasteiger partial charge in [-0.15, -0.1) is 0 Å². The zero-order valence-electron chi connectivity index (χ0n) is 16.9. The normalized spacial score (nSPS) is 16.7. The third-order valence-corrected chi connectivity index (χ3v) is 5.34. The average Bonchev–Trinajstić information content (AvgIpc) is 3.05. The number of carbonyl (C=O) groups excluding carboxylic acids is 1. The van der Waals surface area contributed by atoms with Crippen molar-refractivity contribution in [3.63, 3.8) is 0 Å². The summed E-state index contributed by atoms with van der Waals surface area (Å²) in [5, 5.41) is 21.1. The van der Waals surface area contributed by atoms with Gasteiger partial charge in [0.15, 0.2) is 11.5 Å². The summed E-state index contributed by atoms with van der Waals surface area (Å²) in [6.07, 6.45) is -3.05. The number of benzene rings is 2. The van der Waals surface area contributed by atoms with E-state index in [0.29, 0.717) is 12.2 Å². The monoisotopic (exact) mass is 465 g/mol. The van der Waals surface area contributed by atoms with Crippen LogP contribution in [0.25, 0.3) is 6.08 Å². The Bertz CT molecular complexity index is 1120. The maximum atomic E-state index is 12.8. The van der Waals surface area contributed by atoms with E-state index in [-0.39, 0.29) is 32.7 Å². The van der Waals surface area contributed by atoms with Crippen LogP contribution in [0.4, 0.5) is 18.9 Å². The van der Waals surface area contributed by atoms with Crippen molar-refractivity contribution in [1.29, 1.82) is 0 Å². The molecule has 0 amide bonds. The van der Waals surface area contributed by atoms with Crippen LogP contribution >= 0.6 is 11.8 Å². The predicted octanol–water partition coefficient (Wildman–Crippen LogP) is 5.61. The largest absolute Gasteiger partial charge is 0.506 e. The SMILES string of the molecule is CCOc1cccc(/C=C2/SC(=Nc3ccc(C(F)(F)F)cc3)C(C(=O)OC)=C2O)c1O. The lowest BCUT2D eigenvalue weighted by molar-refractivity contribution is -0.137. The molecule has 0 spiro atoms. The van der Waals surface area contributed by atoms with Gasteiger partial charge in [-0.05, 0) is 43.3 Å². The van der Waals surface area contributed by atoms with Gasteiger partial charge >= 0.3 is 12.1 Å². The van der Waals surface area contributed by atoms with E-state index in [9.17, 15) is 28.2 Å². The summed E-state index contributed by atoms with van der Waals surface area (Å²) in [6.45, 7) is 2.10. The maximum Gasteiger partial charge on any atom is 0.416 e. The number of esters is 1. The first-order valence-corrected chi connectivity index (χ1v) is 10.1. The molecule has 6 nitrogen and oxygen atoms in total. The highest BCUT2D eigenvalue weighted by molar-refractivity contribution is 8.18. The number of rotatable bonds is 5. The molecular weight excluding hydrogens is 447 g/mol. The van der Waals surface area contributed by atoms with Crippen LogP contribution in [0.2, 0.25) is 0 Å². The van der Waals surface area contributed by atoms with Crippen LogP contribution in [0.1, 0.15) is 18.1 Å². The van der Waals surface area contributed by atoms with Gasteiger partial charge in [0.2, 0.25) is 0 Å². The second kappa shape index (κ2) is 9.39. The van der Waals surface area contributed by atoms with E-state index in [0.717, 1.165) is 43.1 Å². The van der Waals surface area contributed by atoms with Crippen LogP contribution in [0, 0.1) is 0 Å². The number of carbonyl (C=O) groups is 1. The molecule has 2 aromatic rings. The number of thioether (sulfide) groups is 1. The van der Waals surface area contributed by atoms with Crippen molar-refractivity contribution in [2.45, 2.75) is 13.1 Å². The van der Waals surface area contributed by atoms with E-state index in [1.807, 2.05) is 0 Å². The molecule has 0 bridgehead atoms. The molecule has 1 heterocycles. The minimum Gasteiger partial charge on any atom is -0.506 e. The maximum absolute atomic E-state index is 12.8. The van der Waals surface area contributed by atoms with Gasteiger partial charge in [-0.25, -0.2) is 9.79 Å².